The van der Waals surface area contributed by atoms with Crippen molar-refractivity contribution in [3.63, 3.8) is 0 Å². The minimum Gasteiger partial charge on any atom is -0.497 e. The van der Waals surface area contributed by atoms with Crippen LogP contribution < -0.4 is 14.8 Å². The van der Waals surface area contributed by atoms with Crippen molar-refractivity contribution in [2.75, 3.05) is 34.0 Å². The van der Waals surface area contributed by atoms with Gasteiger partial charge in [0.2, 0.25) is 0 Å². The van der Waals surface area contributed by atoms with Crippen LogP contribution in [0.1, 0.15) is 28.8 Å². The number of nitrogens with zero attached hydrogens (tertiary/aromatic N) is 1. The van der Waals surface area contributed by atoms with E-state index in [1.165, 1.54) is 5.56 Å². The van der Waals surface area contributed by atoms with Gasteiger partial charge in [-0.25, -0.2) is 0 Å². The summed E-state index contributed by atoms with van der Waals surface area (Å²) in [6, 6.07) is 13.9. The molecule has 3 aromatic rings. The first-order valence-corrected chi connectivity index (χ1v) is 10.2. The SMILES string of the molecule is COc1ccc(C2(CNC(=O)c3cn(C)c4ccc(OC)cc34)CCOCC2)cc1. The summed E-state index contributed by atoms with van der Waals surface area (Å²) in [5.74, 6) is 1.49. The van der Waals surface area contributed by atoms with Gasteiger partial charge in [0.25, 0.3) is 5.91 Å². The smallest absolute Gasteiger partial charge is 0.253 e. The highest BCUT2D eigenvalue weighted by atomic mass is 16.5. The van der Waals surface area contributed by atoms with E-state index < -0.39 is 0 Å². The molecule has 0 saturated carbocycles. The van der Waals surface area contributed by atoms with E-state index in [1.807, 2.05) is 48.1 Å². The molecule has 0 radical (unpaired) electrons. The van der Waals surface area contributed by atoms with Gasteiger partial charge < -0.3 is 24.1 Å². The lowest BCUT2D eigenvalue weighted by atomic mass is 9.74. The van der Waals surface area contributed by atoms with Crippen LogP contribution in [0.4, 0.5) is 0 Å². The Bertz CT molecular complexity index is 1030. The summed E-state index contributed by atoms with van der Waals surface area (Å²) in [7, 11) is 5.25. The fourth-order valence-corrected chi connectivity index (χ4v) is 4.30. The van der Waals surface area contributed by atoms with E-state index in [2.05, 4.69) is 17.4 Å². The molecular weight excluding hydrogens is 380 g/mol. The molecule has 1 aliphatic rings. The number of amides is 1. The standard InChI is InChI=1S/C24H28N2O4/c1-26-15-21(20-14-19(29-3)8-9-22(20)26)23(27)25-16-24(10-12-30-13-11-24)17-4-6-18(28-2)7-5-17/h4-9,14-15H,10-13,16H2,1-3H3,(H,25,27). The Hall–Kier alpha value is -2.99. The summed E-state index contributed by atoms with van der Waals surface area (Å²) in [5.41, 5.74) is 2.70. The third-order valence-corrected chi connectivity index (χ3v) is 6.18. The second kappa shape index (κ2) is 8.40. The van der Waals surface area contributed by atoms with Crippen molar-refractivity contribution < 1.29 is 19.0 Å². The topological polar surface area (TPSA) is 61.7 Å². The van der Waals surface area contributed by atoms with Crippen molar-refractivity contribution in [2.24, 2.45) is 7.05 Å². The number of fused-ring (bicyclic) bond motifs is 1. The first-order valence-electron chi connectivity index (χ1n) is 10.2. The number of nitrogens with one attached hydrogen (secondary N) is 1. The monoisotopic (exact) mass is 408 g/mol. The van der Waals surface area contributed by atoms with Crippen molar-refractivity contribution in [2.45, 2.75) is 18.3 Å². The lowest BCUT2D eigenvalue weighted by Crippen LogP contribution is -2.44. The Morgan fingerprint density at radius 1 is 1.07 bits per heavy atom. The number of benzene rings is 2. The summed E-state index contributed by atoms with van der Waals surface area (Å²) in [6.45, 7) is 1.93. The molecule has 2 aromatic carbocycles. The van der Waals surface area contributed by atoms with Crippen molar-refractivity contribution in [1.82, 2.24) is 9.88 Å². The molecule has 0 atom stereocenters. The fraction of sp³-hybridized carbons (Fsp3) is 0.375. The molecule has 0 bridgehead atoms. The van der Waals surface area contributed by atoms with Crippen LogP contribution in [0, 0.1) is 0 Å². The molecular formula is C24H28N2O4. The molecule has 1 N–H and O–H groups in total. The quantitative estimate of drug-likeness (QED) is 0.676. The van der Waals surface area contributed by atoms with Crippen LogP contribution in [0.2, 0.25) is 0 Å². The van der Waals surface area contributed by atoms with Crippen LogP contribution in [0.5, 0.6) is 11.5 Å². The Morgan fingerprint density at radius 2 is 1.73 bits per heavy atom. The molecule has 1 aliphatic heterocycles. The van der Waals surface area contributed by atoms with Crippen molar-refractivity contribution in [3.05, 3.63) is 59.8 Å². The van der Waals surface area contributed by atoms with Crippen molar-refractivity contribution in [3.8, 4) is 11.5 Å². The van der Waals surface area contributed by atoms with E-state index in [0.29, 0.717) is 25.3 Å². The number of aromatic nitrogens is 1. The van der Waals surface area contributed by atoms with Crippen molar-refractivity contribution in [1.29, 1.82) is 0 Å². The van der Waals surface area contributed by atoms with Gasteiger partial charge in [-0.15, -0.1) is 0 Å². The summed E-state index contributed by atoms with van der Waals surface area (Å²) in [6.07, 6.45) is 3.61. The zero-order chi connectivity index (χ0) is 21.1. The van der Waals surface area contributed by atoms with Crippen LogP contribution in [-0.2, 0) is 17.2 Å². The molecule has 1 amide bonds. The van der Waals surface area contributed by atoms with Gasteiger partial charge in [-0.2, -0.15) is 0 Å². The Morgan fingerprint density at radius 3 is 2.40 bits per heavy atom. The highest BCUT2D eigenvalue weighted by Crippen LogP contribution is 2.35. The van der Waals surface area contributed by atoms with Crippen LogP contribution in [0.25, 0.3) is 10.9 Å². The highest BCUT2D eigenvalue weighted by Gasteiger charge is 2.35. The van der Waals surface area contributed by atoms with Gasteiger partial charge in [0, 0.05) is 49.3 Å². The van der Waals surface area contributed by atoms with Crippen molar-refractivity contribution >= 4 is 16.8 Å². The number of carbonyl (C=O) groups is 1. The van der Waals surface area contributed by atoms with Gasteiger partial charge in [0.15, 0.2) is 0 Å². The second-order valence-electron chi connectivity index (χ2n) is 7.84. The molecule has 30 heavy (non-hydrogen) atoms. The van der Waals surface area contributed by atoms with Gasteiger partial charge in [-0.1, -0.05) is 12.1 Å². The van der Waals surface area contributed by atoms with Gasteiger partial charge in [-0.3, -0.25) is 4.79 Å². The summed E-state index contributed by atoms with van der Waals surface area (Å²) in [4.78, 5) is 13.2. The minimum absolute atomic E-state index is 0.0757. The number of carbonyl (C=O) groups excluding carboxylic acids is 1. The predicted molar refractivity (Wildman–Crippen MR) is 117 cm³/mol. The molecule has 2 heterocycles. The first-order chi connectivity index (χ1) is 14.6. The van der Waals surface area contributed by atoms with Crippen LogP contribution in [-0.4, -0.2) is 44.5 Å². The van der Waals surface area contributed by atoms with E-state index >= 15 is 0 Å². The lowest BCUT2D eigenvalue weighted by Gasteiger charge is -2.38. The third-order valence-electron chi connectivity index (χ3n) is 6.18. The largest absolute Gasteiger partial charge is 0.497 e. The van der Waals surface area contributed by atoms with Gasteiger partial charge in [0.05, 0.1) is 19.8 Å². The summed E-state index contributed by atoms with van der Waals surface area (Å²) >= 11 is 0. The van der Waals surface area contributed by atoms with E-state index in [0.717, 1.165) is 35.2 Å². The molecule has 0 unspecified atom stereocenters. The van der Waals surface area contributed by atoms with E-state index in [1.54, 1.807) is 14.2 Å². The number of methoxy groups -OCH3 is 2. The zero-order valence-electron chi connectivity index (χ0n) is 17.7. The van der Waals surface area contributed by atoms with Crippen LogP contribution >= 0.6 is 0 Å². The van der Waals surface area contributed by atoms with Crippen LogP contribution in [0.15, 0.2) is 48.7 Å². The normalized spacial score (nSPS) is 15.7. The summed E-state index contributed by atoms with van der Waals surface area (Å²) < 4.78 is 18.2. The van der Waals surface area contributed by atoms with E-state index in [9.17, 15) is 4.79 Å². The van der Waals surface area contributed by atoms with E-state index in [4.69, 9.17) is 14.2 Å². The first kappa shape index (κ1) is 20.3. The fourth-order valence-electron chi connectivity index (χ4n) is 4.30. The third kappa shape index (κ3) is 3.75. The maximum Gasteiger partial charge on any atom is 0.253 e. The maximum absolute atomic E-state index is 13.2. The van der Waals surface area contributed by atoms with E-state index in [-0.39, 0.29) is 11.3 Å². The number of hydrogen-bond acceptors (Lipinski definition) is 4. The molecule has 0 spiro atoms. The number of aryl methyl sites for hydroxylation is 1. The lowest BCUT2D eigenvalue weighted by molar-refractivity contribution is 0.0487. The van der Waals surface area contributed by atoms with Crippen LogP contribution in [0.3, 0.4) is 0 Å². The summed E-state index contributed by atoms with van der Waals surface area (Å²) in [5, 5.41) is 4.09. The molecule has 6 nitrogen and oxygen atoms in total. The minimum atomic E-state index is -0.150. The molecule has 1 fully saturated rings. The molecule has 0 aliphatic carbocycles. The molecule has 4 rings (SSSR count). The Balaban J connectivity index is 1.59. The van der Waals surface area contributed by atoms with Gasteiger partial charge >= 0.3 is 0 Å². The molecule has 158 valence electrons. The average Bonchev–Trinajstić information content (AvgIpc) is 3.14. The molecule has 1 aromatic heterocycles. The van der Waals surface area contributed by atoms with Gasteiger partial charge in [0.1, 0.15) is 11.5 Å². The van der Waals surface area contributed by atoms with Gasteiger partial charge in [-0.05, 0) is 48.7 Å². The highest BCUT2D eigenvalue weighted by molar-refractivity contribution is 6.07. The molecule has 6 heteroatoms. The zero-order valence-corrected chi connectivity index (χ0v) is 17.7. The Kier molecular flexibility index (Phi) is 5.68. The molecule has 1 saturated heterocycles. The number of rotatable bonds is 6. The predicted octanol–water partition coefficient (Wildman–Crippen LogP) is 3.67. The number of ether oxygens (including phenoxy) is 3. The average molecular weight is 408 g/mol. The second-order valence-corrected chi connectivity index (χ2v) is 7.84. The maximum atomic E-state index is 13.2. The number of hydrogen-bond donors (Lipinski definition) is 1. The Labute approximate surface area is 176 Å².